The molecule has 1 amide bonds. The molecule has 0 aromatic heterocycles. The van der Waals surface area contributed by atoms with Crippen LogP contribution in [0.3, 0.4) is 0 Å². The minimum atomic E-state index is -0.186. The monoisotopic (exact) mass is 547 g/mol. The van der Waals surface area contributed by atoms with Gasteiger partial charge in [-0.25, -0.2) is 4.39 Å². The summed E-state index contributed by atoms with van der Waals surface area (Å²) in [6.45, 7) is 10.2. The molecule has 3 rings (SSSR count). The summed E-state index contributed by atoms with van der Waals surface area (Å²) < 4.78 is 18.6. The van der Waals surface area contributed by atoms with Gasteiger partial charge in [-0.15, -0.1) is 24.0 Å². The first-order valence-corrected chi connectivity index (χ1v) is 11.0. The van der Waals surface area contributed by atoms with E-state index in [2.05, 4.69) is 22.0 Å². The lowest BCUT2D eigenvalue weighted by molar-refractivity contribution is -0.136. The summed E-state index contributed by atoms with van der Waals surface area (Å²) in [4.78, 5) is 23.6. The molecule has 0 aliphatic carbocycles. The van der Waals surface area contributed by atoms with Crippen molar-refractivity contribution in [2.24, 2.45) is 4.99 Å². The Hall–Kier alpha value is -1.46. The van der Waals surface area contributed by atoms with E-state index in [-0.39, 0.29) is 35.7 Å². The number of carbonyl (C=O) groups is 1. The molecule has 0 saturated carbocycles. The number of piperazine rings is 1. The molecule has 0 atom stereocenters. The fraction of sp³-hybridized carbons (Fsp3) is 0.636. The lowest BCUT2D eigenvalue weighted by Gasteiger charge is -2.37. The number of halogens is 2. The number of ether oxygens (including phenoxy) is 1. The number of carbonyl (C=O) groups excluding carboxylic acids is 1. The molecular weight excluding hydrogens is 512 g/mol. The first-order chi connectivity index (χ1) is 14.7. The second-order valence-corrected chi connectivity index (χ2v) is 7.73. The minimum Gasteiger partial charge on any atom is -0.378 e. The molecule has 2 fully saturated rings. The Labute approximate surface area is 202 Å². The summed E-state index contributed by atoms with van der Waals surface area (Å²) in [6.07, 6.45) is 1.70. The van der Waals surface area contributed by atoms with E-state index < -0.39 is 0 Å². The number of nitrogens with one attached hydrogen (secondary N) is 1. The maximum Gasteiger partial charge on any atom is 0.236 e. The Kier molecular flexibility index (Phi) is 11.5. The summed E-state index contributed by atoms with van der Waals surface area (Å²) in [5, 5.41) is 3.38. The Balaban J connectivity index is 0.00000341. The summed E-state index contributed by atoms with van der Waals surface area (Å²) >= 11 is 0. The number of amides is 1. The van der Waals surface area contributed by atoms with Crippen molar-refractivity contribution in [3.63, 3.8) is 0 Å². The van der Waals surface area contributed by atoms with E-state index >= 15 is 0 Å². The molecule has 174 valence electrons. The van der Waals surface area contributed by atoms with Gasteiger partial charge in [0.15, 0.2) is 5.96 Å². The highest BCUT2D eigenvalue weighted by molar-refractivity contribution is 14.0. The standard InChI is InChI=1S/C22H34FN5O2.HI/c1-2-24-22(25-8-4-6-19-5-3-7-20(23)17-19)28-11-9-26(10-12-28)18-21(29)27-13-15-30-16-14-27;/h3,5,7,17H,2,4,6,8-16,18H2,1H3,(H,24,25);1H. The largest absolute Gasteiger partial charge is 0.378 e. The summed E-state index contributed by atoms with van der Waals surface area (Å²) in [6, 6.07) is 6.77. The van der Waals surface area contributed by atoms with Crippen molar-refractivity contribution in [1.82, 2.24) is 20.0 Å². The number of rotatable bonds is 7. The zero-order valence-electron chi connectivity index (χ0n) is 18.4. The van der Waals surface area contributed by atoms with E-state index in [1.807, 2.05) is 11.0 Å². The maximum atomic E-state index is 13.3. The molecule has 9 heteroatoms. The van der Waals surface area contributed by atoms with Crippen molar-refractivity contribution in [1.29, 1.82) is 0 Å². The van der Waals surface area contributed by atoms with Crippen LogP contribution in [0, 0.1) is 5.82 Å². The van der Waals surface area contributed by atoms with Crippen molar-refractivity contribution in [2.45, 2.75) is 19.8 Å². The molecule has 0 spiro atoms. The van der Waals surface area contributed by atoms with Gasteiger partial charge in [-0.05, 0) is 37.5 Å². The van der Waals surface area contributed by atoms with Crippen LogP contribution in [-0.2, 0) is 16.0 Å². The van der Waals surface area contributed by atoms with Crippen LogP contribution in [0.15, 0.2) is 29.3 Å². The average Bonchev–Trinajstić information content (AvgIpc) is 2.77. The molecule has 1 aromatic rings. The van der Waals surface area contributed by atoms with Gasteiger partial charge in [-0.1, -0.05) is 12.1 Å². The van der Waals surface area contributed by atoms with Crippen LogP contribution in [0.2, 0.25) is 0 Å². The summed E-state index contributed by atoms with van der Waals surface area (Å²) in [5.41, 5.74) is 1.01. The number of hydrogen-bond acceptors (Lipinski definition) is 4. The van der Waals surface area contributed by atoms with Gasteiger partial charge >= 0.3 is 0 Å². The third kappa shape index (κ3) is 8.53. The van der Waals surface area contributed by atoms with Crippen molar-refractivity contribution in [3.05, 3.63) is 35.6 Å². The van der Waals surface area contributed by atoms with Crippen molar-refractivity contribution in [3.8, 4) is 0 Å². The van der Waals surface area contributed by atoms with E-state index in [0.29, 0.717) is 39.4 Å². The van der Waals surface area contributed by atoms with E-state index in [1.165, 1.54) is 6.07 Å². The molecule has 2 aliphatic rings. The second-order valence-electron chi connectivity index (χ2n) is 7.73. The predicted molar refractivity (Wildman–Crippen MR) is 132 cm³/mol. The molecule has 1 aromatic carbocycles. The molecule has 2 heterocycles. The molecular formula is C22H35FIN5O2. The third-order valence-electron chi connectivity index (χ3n) is 5.50. The molecule has 0 unspecified atom stereocenters. The SMILES string of the molecule is CCNC(=NCCCc1cccc(F)c1)N1CCN(CC(=O)N2CCOCC2)CC1.I. The van der Waals surface area contributed by atoms with Crippen molar-refractivity contribution in [2.75, 3.05) is 72.1 Å². The van der Waals surface area contributed by atoms with E-state index in [9.17, 15) is 9.18 Å². The fourth-order valence-electron chi connectivity index (χ4n) is 3.81. The van der Waals surface area contributed by atoms with Crippen LogP contribution < -0.4 is 5.32 Å². The number of nitrogens with zero attached hydrogens (tertiary/aromatic N) is 4. The Bertz CT molecular complexity index is 707. The highest BCUT2D eigenvalue weighted by Gasteiger charge is 2.24. The zero-order chi connectivity index (χ0) is 21.2. The van der Waals surface area contributed by atoms with Crippen molar-refractivity contribution >= 4 is 35.8 Å². The lowest BCUT2D eigenvalue weighted by Crippen LogP contribution is -2.54. The predicted octanol–water partition coefficient (Wildman–Crippen LogP) is 1.82. The van der Waals surface area contributed by atoms with Gasteiger partial charge in [-0.2, -0.15) is 0 Å². The molecule has 1 N–H and O–H groups in total. The van der Waals surface area contributed by atoms with Gasteiger partial charge in [0, 0.05) is 52.4 Å². The van der Waals surface area contributed by atoms with Gasteiger partial charge in [0.25, 0.3) is 0 Å². The van der Waals surface area contributed by atoms with Crippen LogP contribution in [0.5, 0.6) is 0 Å². The van der Waals surface area contributed by atoms with E-state index in [1.54, 1.807) is 12.1 Å². The smallest absolute Gasteiger partial charge is 0.236 e. The van der Waals surface area contributed by atoms with Crippen molar-refractivity contribution < 1.29 is 13.9 Å². The number of aryl methyl sites for hydroxylation is 1. The lowest BCUT2D eigenvalue weighted by atomic mass is 10.1. The van der Waals surface area contributed by atoms with Gasteiger partial charge in [-0.3, -0.25) is 14.7 Å². The number of aliphatic imine (C=N–C) groups is 1. The van der Waals surface area contributed by atoms with Crippen LogP contribution >= 0.6 is 24.0 Å². The normalized spacial score (nSPS) is 17.9. The fourth-order valence-corrected chi connectivity index (χ4v) is 3.81. The van der Waals surface area contributed by atoms with Crippen LogP contribution in [0.25, 0.3) is 0 Å². The number of morpholine rings is 1. The average molecular weight is 547 g/mol. The molecule has 7 nitrogen and oxygen atoms in total. The topological polar surface area (TPSA) is 60.4 Å². The molecule has 2 saturated heterocycles. The van der Waals surface area contributed by atoms with E-state index in [4.69, 9.17) is 9.73 Å². The van der Waals surface area contributed by atoms with Crippen LogP contribution in [0.1, 0.15) is 18.9 Å². The maximum absolute atomic E-state index is 13.3. The highest BCUT2D eigenvalue weighted by Crippen LogP contribution is 2.08. The highest BCUT2D eigenvalue weighted by atomic mass is 127. The minimum absolute atomic E-state index is 0. The molecule has 2 aliphatic heterocycles. The van der Waals surface area contributed by atoms with Gasteiger partial charge in [0.2, 0.25) is 5.91 Å². The quantitative estimate of drug-likeness (QED) is 0.244. The molecule has 0 radical (unpaired) electrons. The number of benzene rings is 1. The zero-order valence-corrected chi connectivity index (χ0v) is 20.7. The first-order valence-electron chi connectivity index (χ1n) is 11.0. The number of guanidine groups is 1. The third-order valence-corrected chi connectivity index (χ3v) is 5.50. The Morgan fingerprint density at radius 3 is 2.55 bits per heavy atom. The molecule has 31 heavy (non-hydrogen) atoms. The van der Waals surface area contributed by atoms with Gasteiger partial charge < -0.3 is 19.9 Å². The summed E-state index contributed by atoms with van der Waals surface area (Å²) in [7, 11) is 0. The summed E-state index contributed by atoms with van der Waals surface area (Å²) in [5.74, 6) is 0.940. The van der Waals surface area contributed by atoms with E-state index in [0.717, 1.165) is 57.1 Å². The Morgan fingerprint density at radius 1 is 1.13 bits per heavy atom. The van der Waals surface area contributed by atoms with Gasteiger partial charge in [0.1, 0.15) is 5.82 Å². The van der Waals surface area contributed by atoms with Gasteiger partial charge in [0.05, 0.1) is 19.8 Å². The Morgan fingerprint density at radius 2 is 1.87 bits per heavy atom. The van der Waals surface area contributed by atoms with Crippen LogP contribution in [-0.4, -0.2) is 98.7 Å². The molecule has 0 bridgehead atoms. The van der Waals surface area contributed by atoms with Crippen LogP contribution in [0.4, 0.5) is 4.39 Å². The number of hydrogen-bond donors (Lipinski definition) is 1. The second kappa shape index (κ2) is 13.8. The first kappa shape index (κ1) is 25.8.